The largest absolute Gasteiger partial charge is 0.199 e. The van der Waals surface area contributed by atoms with Crippen molar-refractivity contribution in [2.75, 3.05) is 0 Å². The third kappa shape index (κ3) is 22.5. The lowest BCUT2D eigenvalue weighted by atomic mass is 10.1. The molecule has 0 N–H and O–H groups in total. The van der Waals surface area contributed by atoms with Gasteiger partial charge in [-0.05, 0) is 0 Å². The lowest BCUT2D eigenvalue weighted by Crippen LogP contribution is -1.90. The second kappa shape index (κ2) is 22.5. The lowest BCUT2D eigenvalue weighted by Gasteiger charge is -2.03. The highest BCUT2D eigenvalue weighted by atomic mass is 27.1. The molecule has 0 spiro atoms. The van der Waals surface area contributed by atoms with Gasteiger partial charge in [0.05, 0.1) is 0 Å². The van der Waals surface area contributed by atoms with Gasteiger partial charge in [0.25, 0.3) is 0 Å². The first-order chi connectivity index (χ1) is 11.4. The van der Waals surface area contributed by atoms with Crippen molar-refractivity contribution < 1.29 is 1.43 Å². The van der Waals surface area contributed by atoms with Crippen LogP contribution in [0.2, 0.25) is 10.6 Å². The van der Waals surface area contributed by atoms with Crippen LogP contribution in [0.5, 0.6) is 0 Å². The van der Waals surface area contributed by atoms with Crippen molar-refractivity contribution >= 4 is 15.2 Å². The van der Waals surface area contributed by atoms with Crippen LogP contribution in [-0.2, 0) is 0 Å². The Balaban J connectivity index is 0. The molecule has 0 aliphatic heterocycles. The number of unbranched alkanes of at least 4 members (excludes halogenated alkanes) is 16. The van der Waals surface area contributed by atoms with E-state index in [1.54, 1.807) is 10.6 Å². The van der Waals surface area contributed by atoms with Crippen LogP contribution in [-0.4, -0.2) is 15.2 Å². The van der Waals surface area contributed by atoms with E-state index >= 15 is 0 Å². The fourth-order valence-electron chi connectivity index (χ4n) is 3.34. The summed E-state index contributed by atoms with van der Waals surface area (Å²) in [7, 11) is 0. The van der Waals surface area contributed by atoms with Gasteiger partial charge in [0, 0.05) is 1.43 Å². The molecule has 23 heavy (non-hydrogen) atoms. The Morgan fingerprint density at radius 2 is 0.652 bits per heavy atom. The van der Waals surface area contributed by atoms with Crippen molar-refractivity contribution in [3.8, 4) is 0 Å². The van der Waals surface area contributed by atoms with Crippen molar-refractivity contribution in [3.05, 3.63) is 0 Å². The van der Waals surface area contributed by atoms with Crippen LogP contribution in [0.3, 0.4) is 0 Å². The number of rotatable bonds is 20. The molecule has 0 nitrogen and oxygen atoms in total. The molecule has 0 saturated heterocycles. The zero-order valence-corrected chi connectivity index (χ0v) is 17.9. The van der Waals surface area contributed by atoms with Crippen LogP contribution < -0.4 is 0 Å². The Labute approximate surface area is 156 Å². The Morgan fingerprint density at radius 1 is 0.391 bits per heavy atom. The zero-order valence-electron chi connectivity index (χ0n) is 16.7. The molecule has 0 heterocycles. The van der Waals surface area contributed by atoms with Gasteiger partial charge in [0.2, 0.25) is 0 Å². The fourth-order valence-corrected chi connectivity index (χ4v) is 4.79. The van der Waals surface area contributed by atoms with Crippen molar-refractivity contribution in [2.24, 2.45) is 0 Å². The van der Waals surface area contributed by atoms with Crippen LogP contribution in [0.1, 0.15) is 131 Å². The maximum absolute atomic E-state index is 2.30. The topological polar surface area (TPSA) is 0 Å². The minimum absolute atomic E-state index is 0. The second-order valence-electron chi connectivity index (χ2n) is 7.52. The monoisotopic (exact) mass is 339 g/mol. The van der Waals surface area contributed by atoms with Gasteiger partial charge in [-0.15, -0.1) is 10.6 Å². The molecule has 0 aromatic heterocycles. The van der Waals surface area contributed by atoms with Crippen LogP contribution in [0.15, 0.2) is 0 Å². The summed E-state index contributed by atoms with van der Waals surface area (Å²) in [6.45, 7) is 4.61. The van der Waals surface area contributed by atoms with E-state index in [9.17, 15) is 0 Å². The van der Waals surface area contributed by atoms with Gasteiger partial charge in [-0.3, -0.25) is 0 Å². The Kier molecular flexibility index (Phi) is 23.1. The molecule has 0 aromatic rings. The second-order valence-corrected chi connectivity index (χ2v) is 9.25. The number of hydrogen-bond acceptors (Lipinski definition) is 0. The lowest BCUT2D eigenvalue weighted by molar-refractivity contribution is 0.569. The minimum Gasteiger partial charge on any atom is -0.104 e. The van der Waals surface area contributed by atoms with Gasteiger partial charge < -0.3 is 0 Å². The van der Waals surface area contributed by atoms with Crippen molar-refractivity contribution in [2.45, 2.75) is 140 Å². The van der Waals surface area contributed by atoms with Crippen LogP contribution >= 0.6 is 0 Å². The standard InChI is InChI=1S/2C11H23.Al.H2/c2*1-3-5-7-9-11-10-8-6-4-2;;/h2*1,3-11H2,2H3;;1H. The SMILES string of the molecule is CCCCCCCCCC[CH2][Al][CH2]CCCCCCCCCC.[HH]. The molecule has 0 saturated carbocycles. The molecule has 0 fully saturated rings. The maximum Gasteiger partial charge on any atom is 0.199 e. The summed E-state index contributed by atoms with van der Waals surface area (Å²) >= 11 is 0.783. The summed E-state index contributed by atoms with van der Waals surface area (Å²) in [5.74, 6) is 0. The van der Waals surface area contributed by atoms with E-state index in [1.807, 2.05) is 0 Å². The first-order valence-electron chi connectivity index (χ1n) is 11.2. The van der Waals surface area contributed by atoms with Crippen molar-refractivity contribution in [1.29, 1.82) is 0 Å². The van der Waals surface area contributed by atoms with E-state index in [0.717, 1.165) is 15.2 Å². The first-order valence-corrected chi connectivity index (χ1v) is 12.9. The number of hydrogen-bond donors (Lipinski definition) is 0. The molecular weight excluding hydrogens is 291 g/mol. The average molecular weight is 340 g/mol. The van der Waals surface area contributed by atoms with Crippen LogP contribution in [0.4, 0.5) is 0 Å². The van der Waals surface area contributed by atoms with Gasteiger partial charge in [-0.2, -0.15) is 0 Å². The predicted molar refractivity (Wildman–Crippen MR) is 112 cm³/mol. The summed E-state index contributed by atoms with van der Waals surface area (Å²) in [5.41, 5.74) is 0. The Bertz CT molecular complexity index is 176. The molecule has 1 radical (unpaired) electrons. The third-order valence-electron chi connectivity index (χ3n) is 5.02. The van der Waals surface area contributed by atoms with Gasteiger partial charge >= 0.3 is 0 Å². The van der Waals surface area contributed by atoms with E-state index < -0.39 is 0 Å². The van der Waals surface area contributed by atoms with Gasteiger partial charge in [-0.25, -0.2) is 0 Å². The maximum atomic E-state index is 2.30. The molecule has 0 rings (SSSR count). The summed E-state index contributed by atoms with van der Waals surface area (Å²) in [4.78, 5) is 0. The van der Waals surface area contributed by atoms with Crippen LogP contribution in [0, 0.1) is 0 Å². The fraction of sp³-hybridized carbons (Fsp3) is 1.00. The molecule has 139 valence electrons. The van der Waals surface area contributed by atoms with Crippen molar-refractivity contribution in [1.82, 2.24) is 0 Å². The summed E-state index contributed by atoms with van der Waals surface area (Å²) < 4.78 is 0. The zero-order chi connectivity index (χ0) is 16.8. The van der Waals surface area contributed by atoms with Gasteiger partial charge in [-0.1, -0.05) is 129 Å². The van der Waals surface area contributed by atoms with E-state index in [0.29, 0.717) is 0 Å². The Hall–Kier alpha value is 0.532. The first kappa shape index (κ1) is 23.5. The van der Waals surface area contributed by atoms with E-state index in [2.05, 4.69) is 13.8 Å². The molecule has 0 atom stereocenters. The average Bonchev–Trinajstić information content (AvgIpc) is 2.57. The smallest absolute Gasteiger partial charge is 0.104 e. The molecule has 0 aliphatic rings. The highest BCUT2D eigenvalue weighted by Gasteiger charge is 1.96. The van der Waals surface area contributed by atoms with E-state index in [-0.39, 0.29) is 1.43 Å². The molecule has 0 bridgehead atoms. The predicted octanol–water partition coefficient (Wildman–Crippen LogP) is 8.83. The van der Waals surface area contributed by atoms with Gasteiger partial charge in [0.15, 0.2) is 15.2 Å². The van der Waals surface area contributed by atoms with Gasteiger partial charge in [0.1, 0.15) is 0 Å². The minimum atomic E-state index is 0. The molecule has 0 amide bonds. The van der Waals surface area contributed by atoms with Crippen LogP contribution in [0.25, 0.3) is 0 Å². The summed E-state index contributed by atoms with van der Waals surface area (Å²) in [5, 5.41) is 3.15. The van der Waals surface area contributed by atoms with E-state index in [4.69, 9.17) is 0 Å². The normalized spacial score (nSPS) is 11.0. The van der Waals surface area contributed by atoms with Crippen molar-refractivity contribution in [3.63, 3.8) is 0 Å². The summed E-state index contributed by atoms with van der Waals surface area (Å²) in [6, 6.07) is 0. The molecular formula is C22H48Al. The summed E-state index contributed by atoms with van der Waals surface area (Å²) in [6.07, 6.45) is 26.6. The quantitative estimate of drug-likeness (QED) is 0.153. The third-order valence-corrected chi connectivity index (χ3v) is 6.66. The highest BCUT2D eigenvalue weighted by molar-refractivity contribution is 6.35. The highest BCUT2D eigenvalue weighted by Crippen LogP contribution is 2.13. The Morgan fingerprint density at radius 3 is 0.957 bits per heavy atom. The molecule has 0 aromatic carbocycles. The van der Waals surface area contributed by atoms with E-state index in [1.165, 1.54) is 116 Å². The molecule has 0 unspecified atom stereocenters. The molecule has 1 heteroatoms. The molecule has 0 aliphatic carbocycles.